The molecule has 3 heteroatoms. The van der Waals surface area contributed by atoms with Gasteiger partial charge in [-0.15, -0.1) is 0 Å². The third-order valence-corrected chi connectivity index (χ3v) is 3.56. The topological polar surface area (TPSA) is 41.1 Å². The summed E-state index contributed by atoms with van der Waals surface area (Å²) in [7, 11) is 0. The monoisotopic (exact) mass is 236 g/mol. The number of allylic oxidation sites excluding steroid dienone is 2. The predicted octanol–water partition coefficient (Wildman–Crippen LogP) is 2.71. The molecule has 2 unspecified atom stereocenters. The van der Waals surface area contributed by atoms with E-state index in [0.29, 0.717) is 0 Å². The van der Waals surface area contributed by atoms with Crippen molar-refractivity contribution in [3.63, 3.8) is 0 Å². The Bertz CT molecular complexity index is 322. The number of carbonyl (C=O) groups excluding carboxylic acids is 1. The molecule has 0 saturated heterocycles. The fourth-order valence-electron chi connectivity index (χ4n) is 2.30. The molecule has 1 amide bonds. The minimum absolute atomic E-state index is 0.0447. The molecular formula is C14H24N2O. The summed E-state index contributed by atoms with van der Waals surface area (Å²) in [4.78, 5) is 12.1. The minimum atomic E-state index is -0.0447. The van der Waals surface area contributed by atoms with E-state index >= 15 is 0 Å². The molecular weight excluding hydrogens is 212 g/mol. The van der Waals surface area contributed by atoms with Gasteiger partial charge in [0, 0.05) is 11.2 Å². The van der Waals surface area contributed by atoms with Crippen LogP contribution < -0.4 is 10.6 Å². The number of rotatable bonds is 7. The summed E-state index contributed by atoms with van der Waals surface area (Å²) in [6.45, 7) is 9.86. The summed E-state index contributed by atoms with van der Waals surface area (Å²) >= 11 is 0. The Hall–Kier alpha value is -1.25. The first kappa shape index (κ1) is 13.8. The van der Waals surface area contributed by atoms with Crippen molar-refractivity contribution in [2.24, 2.45) is 5.92 Å². The Morgan fingerprint density at radius 1 is 1.53 bits per heavy atom. The molecule has 0 aliphatic heterocycles. The molecule has 3 nitrogen and oxygen atoms in total. The van der Waals surface area contributed by atoms with E-state index in [9.17, 15) is 4.79 Å². The highest BCUT2D eigenvalue weighted by atomic mass is 16.2. The maximum Gasteiger partial charge on any atom is 0.229 e. The van der Waals surface area contributed by atoms with E-state index in [1.807, 2.05) is 13.0 Å². The molecule has 0 aromatic rings. The van der Waals surface area contributed by atoms with Crippen molar-refractivity contribution in [1.29, 1.82) is 0 Å². The maximum absolute atomic E-state index is 12.1. The second-order valence-corrected chi connectivity index (χ2v) is 4.67. The van der Waals surface area contributed by atoms with Crippen LogP contribution in [0.1, 0.15) is 46.5 Å². The molecule has 1 aliphatic carbocycles. The van der Waals surface area contributed by atoms with E-state index in [1.165, 1.54) is 0 Å². The van der Waals surface area contributed by atoms with Gasteiger partial charge in [-0.25, -0.2) is 0 Å². The normalized spacial score (nSPS) is 27.5. The molecule has 17 heavy (non-hydrogen) atoms. The first-order chi connectivity index (χ1) is 8.13. The smallest absolute Gasteiger partial charge is 0.229 e. The predicted molar refractivity (Wildman–Crippen MR) is 71.3 cm³/mol. The van der Waals surface area contributed by atoms with Crippen molar-refractivity contribution in [3.05, 3.63) is 24.6 Å². The second-order valence-electron chi connectivity index (χ2n) is 4.67. The number of amides is 1. The lowest BCUT2D eigenvalue weighted by atomic mass is 10.1. The highest BCUT2D eigenvalue weighted by Crippen LogP contribution is 2.46. The zero-order valence-electron chi connectivity index (χ0n) is 11.2. The first-order valence-corrected chi connectivity index (χ1v) is 6.48. The van der Waals surface area contributed by atoms with Crippen LogP contribution in [-0.4, -0.2) is 11.4 Å². The molecule has 0 heterocycles. The highest BCUT2D eigenvalue weighted by Gasteiger charge is 2.56. The molecule has 0 spiro atoms. The molecule has 2 atom stereocenters. The molecule has 0 bridgehead atoms. The van der Waals surface area contributed by atoms with Gasteiger partial charge in [0.25, 0.3) is 0 Å². The van der Waals surface area contributed by atoms with Crippen molar-refractivity contribution in [3.8, 4) is 0 Å². The summed E-state index contributed by atoms with van der Waals surface area (Å²) in [5.74, 6) is 0.222. The number of nitrogens with one attached hydrogen (secondary N) is 2. The fourth-order valence-corrected chi connectivity index (χ4v) is 2.30. The van der Waals surface area contributed by atoms with Crippen molar-refractivity contribution in [1.82, 2.24) is 10.6 Å². The van der Waals surface area contributed by atoms with Crippen LogP contribution in [0.2, 0.25) is 0 Å². The quantitative estimate of drug-likeness (QED) is 0.713. The van der Waals surface area contributed by atoms with Gasteiger partial charge >= 0.3 is 0 Å². The van der Waals surface area contributed by atoms with Crippen LogP contribution in [0.15, 0.2) is 24.6 Å². The van der Waals surface area contributed by atoms with Gasteiger partial charge in [-0.1, -0.05) is 32.9 Å². The summed E-state index contributed by atoms with van der Waals surface area (Å²) in [6, 6.07) is 0. The van der Waals surface area contributed by atoms with Gasteiger partial charge < -0.3 is 10.6 Å². The molecule has 1 aliphatic rings. The van der Waals surface area contributed by atoms with Crippen LogP contribution in [0.4, 0.5) is 0 Å². The molecule has 0 aromatic carbocycles. The van der Waals surface area contributed by atoms with Crippen molar-refractivity contribution in [2.75, 3.05) is 0 Å². The van der Waals surface area contributed by atoms with Gasteiger partial charge in [0.1, 0.15) is 0 Å². The van der Waals surface area contributed by atoms with Crippen LogP contribution in [0.3, 0.4) is 0 Å². The van der Waals surface area contributed by atoms with E-state index in [4.69, 9.17) is 0 Å². The van der Waals surface area contributed by atoms with Gasteiger partial charge in [-0.05, 0) is 32.4 Å². The average Bonchev–Trinajstić information content (AvgIpc) is 3.04. The Morgan fingerprint density at radius 3 is 2.71 bits per heavy atom. The van der Waals surface area contributed by atoms with E-state index in [2.05, 4.69) is 31.1 Å². The summed E-state index contributed by atoms with van der Waals surface area (Å²) in [6.07, 6.45) is 7.52. The van der Waals surface area contributed by atoms with E-state index in [1.54, 1.807) is 6.20 Å². The Labute approximate surface area is 104 Å². The average molecular weight is 236 g/mol. The zero-order chi connectivity index (χ0) is 12.9. The van der Waals surface area contributed by atoms with Gasteiger partial charge in [0.15, 0.2) is 0 Å². The summed E-state index contributed by atoms with van der Waals surface area (Å²) in [5.41, 5.74) is 0.990. The molecule has 2 N–H and O–H groups in total. The van der Waals surface area contributed by atoms with Crippen molar-refractivity contribution < 1.29 is 4.79 Å². The van der Waals surface area contributed by atoms with E-state index < -0.39 is 0 Å². The van der Waals surface area contributed by atoms with Crippen LogP contribution >= 0.6 is 0 Å². The fraction of sp³-hybridized carbons (Fsp3) is 0.643. The number of hydrogen-bond acceptors (Lipinski definition) is 2. The van der Waals surface area contributed by atoms with Crippen LogP contribution in [-0.2, 0) is 4.79 Å². The molecule has 0 radical (unpaired) electrons. The molecule has 96 valence electrons. The highest BCUT2D eigenvalue weighted by molar-refractivity contribution is 5.85. The standard InChI is InChI=1S/C14H24N2O/c1-5-9-11(6-2)16-13(17)12-10-14(12,7-3)15-8-4/h6,8,12,15H,4-5,7,9-10H2,1-3H3,(H,16,17)/b11-6-. The van der Waals surface area contributed by atoms with Crippen molar-refractivity contribution in [2.45, 2.75) is 52.0 Å². The molecule has 0 aromatic heterocycles. The van der Waals surface area contributed by atoms with Crippen molar-refractivity contribution >= 4 is 5.91 Å². The third-order valence-electron chi connectivity index (χ3n) is 3.56. The number of carbonyl (C=O) groups is 1. The largest absolute Gasteiger partial charge is 0.385 e. The Morgan fingerprint density at radius 2 is 2.24 bits per heavy atom. The van der Waals surface area contributed by atoms with Crippen LogP contribution in [0.5, 0.6) is 0 Å². The van der Waals surface area contributed by atoms with Crippen LogP contribution in [0, 0.1) is 5.92 Å². The maximum atomic E-state index is 12.1. The van der Waals surface area contributed by atoms with Gasteiger partial charge in [0.2, 0.25) is 5.91 Å². The first-order valence-electron chi connectivity index (χ1n) is 6.48. The second kappa shape index (κ2) is 5.89. The summed E-state index contributed by atoms with van der Waals surface area (Å²) < 4.78 is 0. The van der Waals surface area contributed by atoms with E-state index in [-0.39, 0.29) is 17.4 Å². The van der Waals surface area contributed by atoms with Gasteiger partial charge in [0.05, 0.1) is 5.92 Å². The molecule has 1 saturated carbocycles. The Kier molecular flexibility index (Phi) is 4.79. The zero-order valence-corrected chi connectivity index (χ0v) is 11.2. The van der Waals surface area contributed by atoms with Gasteiger partial charge in [-0.2, -0.15) is 0 Å². The number of hydrogen-bond donors (Lipinski definition) is 2. The van der Waals surface area contributed by atoms with Gasteiger partial charge in [-0.3, -0.25) is 4.79 Å². The SMILES string of the molecule is C=CNC1(CC)CC1C(=O)N/C(=C\C)CCC. The van der Waals surface area contributed by atoms with E-state index in [0.717, 1.165) is 31.4 Å². The molecule has 1 rings (SSSR count). The lowest BCUT2D eigenvalue weighted by molar-refractivity contribution is -0.122. The summed E-state index contributed by atoms with van der Waals surface area (Å²) in [5, 5.41) is 6.25. The third kappa shape index (κ3) is 3.11. The Balaban J connectivity index is 2.53. The lowest BCUT2D eigenvalue weighted by Gasteiger charge is -2.16. The minimum Gasteiger partial charge on any atom is -0.385 e. The lowest BCUT2D eigenvalue weighted by Crippen LogP contribution is -2.34. The molecule has 1 fully saturated rings. The van der Waals surface area contributed by atoms with Crippen LogP contribution in [0.25, 0.3) is 0 Å².